The van der Waals surface area contributed by atoms with Crippen LogP contribution >= 0.6 is 0 Å². The van der Waals surface area contributed by atoms with Gasteiger partial charge < -0.3 is 122 Å². The van der Waals surface area contributed by atoms with E-state index in [1.807, 2.05) is 0 Å². The van der Waals surface area contributed by atoms with E-state index in [9.17, 15) is 48.3 Å². The lowest BCUT2D eigenvalue weighted by Crippen LogP contribution is -2.59. The summed E-state index contributed by atoms with van der Waals surface area (Å²) >= 11 is 0. The summed E-state index contributed by atoms with van der Waals surface area (Å²) in [5, 5.41) is 29.9. The van der Waals surface area contributed by atoms with Crippen molar-refractivity contribution in [2.24, 2.45) is 104 Å². The first-order valence-electron chi connectivity index (χ1n) is 26.2. The Labute approximate surface area is 474 Å². The molecular weight excluding hydrogens is 1080 g/mol. The van der Waals surface area contributed by atoms with E-state index in [-0.39, 0.29) is 146 Å². The Hall–Kier alpha value is -9.19. The maximum atomic E-state index is 14.1. The molecule has 0 aromatic carbocycles. The lowest BCUT2D eigenvalue weighted by Gasteiger charge is -2.26. The zero-order chi connectivity index (χ0) is 62.5. The molecule has 0 radical (unpaired) electrons. The smallest absolute Gasteiger partial charge is 0.326 e. The molecule has 464 valence electrons. The molecule has 37 nitrogen and oxygen atoms in total. The van der Waals surface area contributed by atoms with Crippen molar-refractivity contribution in [2.75, 3.05) is 39.3 Å². The van der Waals surface area contributed by atoms with Gasteiger partial charge in [-0.25, -0.2) is 4.79 Å². The molecule has 8 amide bonds. The second kappa shape index (κ2) is 40.1. The van der Waals surface area contributed by atoms with Gasteiger partial charge in [0.2, 0.25) is 47.3 Å². The third-order valence-corrected chi connectivity index (χ3v) is 11.4. The fourth-order valence-electron chi connectivity index (χ4n) is 7.08. The number of carboxylic acid groups (broad SMARTS) is 1. The maximum Gasteiger partial charge on any atom is 0.326 e. The first-order valence-corrected chi connectivity index (χ1v) is 26.2. The first-order chi connectivity index (χ1) is 38.4. The van der Waals surface area contributed by atoms with Crippen LogP contribution in [0.25, 0.3) is 0 Å². The molecule has 35 N–H and O–H groups in total. The van der Waals surface area contributed by atoms with Gasteiger partial charge in [0, 0.05) is 39.3 Å². The molecule has 82 heavy (non-hydrogen) atoms. The molecule has 0 aromatic rings. The van der Waals surface area contributed by atoms with Crippen LogP contribution in [-0.4, -0.2) is 188 Å². The molecule has 0 spiro atoms. The number of nitrogens with two attached hydrogens (primary N) is 13. The van der Waals surface area contributed by atoms with E-state index in [2.05, 4.69) is 72.5 Å². The van der Waals surface area contributed by atoms with Crippen LogP contribution in [0.15, 0.2) is 30.0 Å². The summed E-state index contributed by atoms with van der Waals surface area (Å²) in [7, 11) is 0. The second-order valence-corrected chi connectivity index (χ2v) is 18.6. The Balaban J connectivity index is 6.46. The van der Waals surface area contributed by atoms with Crippen LogP contribution in [0, 0.1) is 0 Å². The number of nitrogens with zero attached hydrogens (tertiary/aromatic N) is 6. The second-order valence-electron chi connectivity index (χ2n) is 18.6. The zero-order valence-corrected chi connectivity index (χ0v) is 46.7. The Morgan fingerprint density at radius 3 is 0.768 bits per heavy atom. The summed E-state index contributed by atoms with van der Waals surface area (Å²) in [6, 6.07) is -11.9. The van der Waals surface area contributed by atoms with Crippen molar-refractivity contribution in [2.45, 2.75) is 152 Å². The van der Waals surface area contributed by atoms with Gasteiger partial charge in [0.1, 0.15) is 48.3 Å². The van der Waals surface area contributed by atoms with Crippen LogP contribution in [0.5, 0.6) is 0 Å². The van der Waals surface area contributed by atoms with Crippen molar-refractivity contribution in [3.05, 3.63) is 0 Å². The number of nitrogens with one attached hydrogen (secondary N) is 8. The number of carbonyl (C=O) groups is 9. The summed E-state index contributed by atoms with van der Waals surface area (Å²) in [5.74, 6) is -9.41. The minimum atomic E-state index is -1.42. The normalized spacial score (nSPS) is 13.9. The number of carbonyl (C=O) groups excluding carboxylic acids is 8. The molecule has 0 heterocycles. The van der Waals surface area contributed by atoms with Crippen LogP contribution in [0.2, 0.25) is 0 Å². The monoisotopic (exact) mass is 1170 g/mol. The van der Waals surface area contributed by atoms with E-state index in [0.717, 1.165) is 0 Å². The number of aliphatic carboxylic acids is 1. The average molecular weight is 1170 g/mol. The Morgan fingerprint density at radius 1 is 0.305 bits per heavy atom. The number of hydrogen-bond acceptors (Lipinski definition) is 16. The minimum Gasteiger partial charge on any atom is -0.480 e. The van der Waals surface area contributed by atoms with E-state index >= 15 is 0 Å². The van der Waals surface area contributed by atoms with Gasteiger partial charge in [0.25, 0.3) is 0 Å². The highest BCUT2D eigenvalue weighted by atomic mass is 16.4. The average Bonchev–Trinajstić information content (AvgIpc) is 3.38. The van der Waals surface area contributed by atoms with Crippen molar-refractivity contribution in [1.29, 1.82) is 0 Å². The van der Waals surface area contributed by atoms with Crippen LogP contribution in [0.4, 0.5) is 0 Å². The Bertz CT molecular complexity index is 2270. The van der Waals surface area contributed by atoms with Crippen LogP contribution in [0.1, 0.15) is 97.8 Å². The largest absolute Gasteiger partial charge is 0.480 e. The Kier molecular flexibility index (Phi) is 35.6. The van der Waals surface area contributed by atoms with Crippen LogP contribution in [-0.2, 0) is 43.2 Å². The van der Waals surface area contributed by atoms with E-state index in [0.29, 0.717) is 6.42 Å². The SMILES string of the molecule is C[C@H](NC(=O)[C@H](C)NC(=O)[C@H](CCCN=C(N)N)NC(=O)[C@@H](N)CCCN=C(N)N)C(=O)N[C@@H](CCCN=C(N)N)C(=O)N[C@@H](CCCN=C(N)N)C(=O)N[C@@H](C)C(=O)N[C@@H](CCCN=C(N)N)C(=O)N[C@@H](CCCN=C(N)N)C(=O)O. The maximum absolute atomic E-state index is 14.1. The summed E-state index contributed by atoms with van der Waals surface area (Å²) in [5.41, 5.74) is 71.0. The zero-order valence-electron chi connectivity index (χ0n) is 46.7. The number of amides is 8. The summed E-state index contributed by atoms with van der Waals surface area (Å²) in [6.45, 7) is 4.33. The predicted molar refractivity (Wildman–Crippen MR) is 308 cm³/mol. The van der Waals surface area contributed by atoms with Gasteiger partial charge in [-0.15, -0.1) is 0 Å². The van der Waals surface area contributed by atoms with Crippen molar-refractivity contribution >= 4 is 89.0 Å². The lowest BCUT2D eigenvalue weighted by molar-refractivity contribution is -0.142. The predicted octanol–water partition coefficient (Wildman–Crippen LogP) is -10.3. The van der Waals surface area contributed by atoms with Gasteiger partial charge in [0.05, 0.1) is 6.04 Å². The van der Waals surface area contributed by atoms with Gasteiger partial charge in [-0.2, -0.15) is 0 Å². The van der Waals surface area contributed by atoms with E-state index in [1.54, 1.807) is 0 Å². The highest BCUT2D eigenvalue weighted by Crippen LogP contribution is 2.08. The van der Waals surface area contributed by atoms with Gasteiger partial charge in [-0.05, 0) is 97.8 Å². The standard InChI is InChI=1S/C45H89N27O10/c1-22(66-35(77)26(11-5-17-60-41(49)50)70-34(76)25(46)10-4-16-59-40(47)48)31(73)65-23(2)32(74)68-28(13-7-19-62-43(53)54)37(79)71-27(12-6-18-61-42(51)52)36(78)67-24(3)33(75)69-29(14-8-20-63-44(55)56)38(80)72-30(39(81)82)15-9-21-64-45(57)58/h22-30H,4-21,46H2,1-3H3,(H,65,73)(H,66,77)(H,67,78)(H,68,74)(H,69,75)(H,70,76)(H,71,79)(H,72,80)(H,81,82)(H4,47,48,59)(H4,49,50,60)(H4,51,52,61)(H4,53,54,62)(H4,55,56,63)(H4,57,58,64)/t22-,23-,24-,25-,26-,27-,28-,29-,30-/m0/s1. The van der Waals surface area contributed by atoms with Crippen molar-refractivity contribution in [1.82, 2.24) is 42.5 Å². The number of aliphatic imine (C=N–C) groups is 6. The summed E-state index contributed by atoms with van der Waals surface area (Å²) < 4.78 is 0. The van der Waals surface area contributed by atoms with E-state index < -0.39 is 108 Å². The highest BCUT2D eigenvalue weighted by molar-refractivity contribution is 5.98. The fraction of sp³-hybridized carbons (Fsp3) is 0.667. The van der Waals surface area contributed by atoms with Gasteiger partial charge in [-0.3, -0.25) is 68.3 Å². The molecule has 0 saturated carbocycles. The van der Waals surface area contributed by atoms with Gasteiger partial charge in [-0.1, -0.05) is 0 Å². The minimum absolute atomic E-state index is 0.000725. The molecule has 0 rings (SSSR count). The van der Waals surface area contributed by atoms with Crippen molar-refractivity contribution in [3.8, 4) is 0 Å². The molecule has 0 unspecified atom stereocenters. The molecule has 0 aliphatic heterocycles. The lowest BCUT2D eigenvalue weighted by atomic mass is 10.1. The molecule has 0 aliphatic carbocycles. The summed E-state index contributed by atoms with van der Waals surface area (Å²) in [4.78, 5) is 144. The van der Waals surface area contributed by atoms with E-state index in [1.165, 1.54) is 20.8 Å². The first kappa shape index (κ1) is 72.8. The van der Waals surface area contributed by atoms with E-state index in [4.69, 9.17) is 74.5 Å². The quantitative estimate of drug-likeness (QED) is 0.0154. The van der Waals surface area contributed by atoms with Crippen molar-refractivity contribution < 1.29 is 48.3 Å². The molecule has 0 aromatic heterocycles. The molecule has 0 saturated heterocycles. The molecule has 0 fully saturated rings. The van der Waals surface area contributed by atoms with Crippen LogP contribution in [0.3, 0.4) is 0 Å². The van der Waals surface area contributed by atoms with Gasteiger partial charge >= 0.3 is 5.97 Å². The Morgan fingerprint density at radius 2 is 0.500 bits per heavy atom. The molecular formula is C45H89N27O10. The number of hydrogen-bond donors (Lipinski definition) is 22. The summed E-state index contributed by atoms with van der Waals surface area (Å²) in [6.07, 6.45) is 0.894. The number of carboxylic acids is 1. The van der Waals surface area contributed by atoms with Crippen LogP contribution < -0.4 is 117 Å². The molecule has 37 heteroatoms. The number of guanidine groups is 6. The van der Waals surface area contributed by atoms with Gasteiger partial charge in [0.15, 0.2) is 35.8 Å². The molecule has 0 aliphatic rings. The number of rotatable bonds is 41. The fourth-order valence-corrected chi connectivity index (χ4v) is 7.08. The third-order valence-electron chi connectivity index (χ3n) is 11.4. The third kappa shape index (κ3) is 34.0. The highest BCUT2D eigenvalue weighted by Gasteiger charge is 2.33. The van der Waals surface area contributed by atoms with Crippen molar-refractivity contribution in [3.63, 3.8) is 0 Å². The molecule has 0 bridgehead atoms. The molecule has 9 atom stereocenters. The topological polar surface area (TPSA) is 683 Å².